The summed E-state index contributed by atoms with van der Waals surface area (Å²) in [6.45, 7) is 0. The van der Waals surface area contributed by atoms with Crippen molar-refractivity contribution in [3.8, 4) is 28.6 Å². The number of benzene rings is 2. The molecular formula is C21H21N3O3. The van der Waals surface area contributed by atoms with Gasteiger partial charge in [0.15, 0.2) is 0 Å². The Morgan fingerprint density at radius 2 is 1.70 bits per heavy atom. The third kappa shape index (κ3) is 3.17. The number of piperidine rings is 1. The normalized spacial score (nSPS) is 24.2. The van der Waals surface area contributed by atoms with E-state index in [0.29, 0.717) is 29.2 Å². The summed E-state index contributed by atoms with van der Waals surface area (Å²) in [5, 5.41) is 33.7. The van der Waals surface area contributed by atoms with Gasteiger partial charge in [-0.1, -0.05) is 6.07 Å². The summed E-state index contributed by atoms with van der Waals surface area (Å²) >= 11 is 0. The fourth-order valence-electron chi connectivity index (χ4n) is 4.28. The minimum atomic E-state index is 0.103. The van der Waals surface area contributed by atoms with Crippen molar-refractivity contribution in [2.45, 2.75) is 43.9 Å². The maximum atomic E-state index is 10.4. The Kier molecular flexibility index (Phi) is 3.86. The van der Waals surface area contributed by atoms with Crippen LogP contribution in [0.1, 0.15) is 25.7 Å². The molecule has 3 atom stereocenters. The van der Waals surface area contributed by atoms with Crippen LogP contribution in [0.15, 0.2) is 42.5 Å². The first-order valence-corrected chi connectivity index (χ1v) is 9.36. The molecule has 138 valence electrons. The molecule has 0 amide bonds. The molecule has 1 aromatic heterocycles. The number of aromatic hydroxyl groups is 2. The minimum Gasteiger partial charge on any atom is -0.508 e. The van der Waals surface area contributed by atoms with E-state index < -0.39 is 0 Å². The number of hydrogen-bond acceptors (Lipinski definition) is 6. The van der Waals surface area contributed by atoms with Crippen molar-refractivity contribution in [1.29, 1.82) is 0 Å². The molecule has 2 bridgehead atoms. The number of phenolic OH excluding ortho intramolecular Hbond substituents is 2. The minimum absolute atomic E-state index is 0.103. The van der Waals surface area contributed by atoms with E-state index in [-0.39, 0.29) is 17.6 Å². The number of phenols is 2. The lowest BCUT2D eigenvalue weighted by Crippen LogP contribution is -2.42. The topological polar surface area (TPSA) is 87.5 Å². The van der Waals surface area contributed by atoms with Gasteiger partial charge in [0, 0.05) is 23.7 Å². The van der Waals surface area contributed by atoms with Crippen molar-refractivity contribution in [2.75, 3.05) is 0 Å². The average Bonchev–Trinajstić information content (AvgIpc) is 3.00. The Labute approximate surface area is 156 Å². The number of hydrogen-bond donors (Lipinski definition) is 3. The second kappa shape index (κ2) is 6.39. The number of nitrogens with one attached hydrogen (secondary N) is 1. The zero-order chi connectivity index (χ0) is 18.4. The van der Waals surface area contributed by atoms with Gasteiger partial charge in [-0.2, -0.15) is 0 Å². The smallest absolute Gasteiger partial charge is 0.233 e. The molecule has 0 radical (unpaired) electrons. The van der Waals surface area contributed by atoms with E-state index in [1.807, 2.05) is 24.3 Å². The predicted octanol–water partition coefficient (Wildman–Crippen LogP) is 3.37. The Hall–Kier alpha value is -2.86. The molecular weight excluding hydrogens is 342 g/mol. The van der Waals surface area contributed by atoms with Gasteiger partial charge in [-0.15, -0.1) is 10.2 Å². The van der Waals surface area contributed by atoms with Crippen molar-refractivity contribution in [1.82, 2.24) is 15.5 Å². The summed E-state index contributed by atoms with van der Waals surface area (Å²) in [5.41, 5.74) is 1.19. The van der Waals surface area contributed by atoms with Crippen LogP contribution in [0, 0.1) is 0 Å². The second-order valence-electron chi connectivity index (χ2n) is 7.51. The van der Waals surface area contributed by atoms with Crippen LogP contribution in [0.3, 0.4) is 0 Å². The van der Waals surface area contributed by atoms with Gasteiger partial charge < -0.3 is 20.3 Å². The highest BCUT2D eigenvalue weighted by molar-refractivity contribution is 5.90. The van der Waals surface area contributed by atoms with Crippen molar-refractivity contribution in [3.05, 3.63) is 42.5 Å². The first kappa shape index (κ1) is 16.3. The van der Waals surface area contributed by atoms with Crippen molar-refractivity contribution in [3.63, 3.8) is 0 Å². The largest absolute Gasteiger partial charge is 0.508 e. The molecule has 3 aromatic rings. The zero-order valence-corrected chi connectivity index (χ0v) is 14.8. The van der Waals surface area contributed by atoms with E-state index in [0.717, 1.165) is 23.6 Å². The van der Waals surface area contributed by atoms with Gasteiger partial charge in [0.2, 0.25) is 5.88 Å². The molecule has 27 heavy (non-hydrogen) atoms. The van der Waals surface area contributed by atoms with Gasteiger partial charge in [0.1, 0.15) is 17.6 Å². The maximum Gasteiger partial charge on any atom is 0.233 e. The molecule has 0 spiro atoms. The van der Waals surface area contributed by atoms with Crippen LogP contribution in [0.5, 0.6) is 17.4 Å². The fraction of sp³-hybridized carbons (Fsp3) is 0.333. The van der Waals surface area contributed by atoms with Gasteiger partial charge in [-0.3, -0.25) is 0 Å². The van der Waals surface area contributed by atoms with E-state index in [1.54, 1.807) is 18.2 Å². The first-order valence-electron chi connectivity index (χ1n) is 9.36. The van der Waals surface area contributed by atoms with E-state index in [9.17, 15) is 10.2 Å². The zero-order valence-electron chi connectivity index (χ0n) is 14.8. The monoisotopic (exact) mass is 363 g/mol. The van der Waals surface area contributed by atoms with E-state index in [4.69, 9.17) is 4.74 Å². The summed E-state index contributed by atoms with van der Waals surface area (Å²) in [7, 11) is 0. The van der Waals surface area contributed by atoms with Crippen molar-refractivity contribution in [2.24, 2.45) is 0 Å². The average molecular weight is 363 g/mol. The molecule has 2 aromatic carbocycles. The molecule has 2 saturated heterocycles. The van der Waals surface area contributed by atoms with Crippen molar-refractivity contribution < 1.29 is 14.9 Å². The molecule has 2 unspecified atom stereocenters. The van der Waals surface area contributed by atoms with Gasteiger partial charge in [0.05, 0.1) is 5.69 Å². The Balaban J connectivity index is 1.37. The van der Waals surface area contributed by atoms with E-state index in [1.165, 1.54) is 12.8 Å². The lowest BCUT2D eigenvalue weighted by atomic mass is 10.0. The van der Waals surface area contributed by atoms with Crippen LogP contribution in [0.4, 0.5) is 0 Å². The third-order valence-corrected chi connectivity index (χ3v) is 5.57. The number of fused-ring (bicyclic) bond motifs is 3. The van der Waals surface area contributed by atoms with Crippen LogP contribution in [-0.4, -0.2) is 38.6 Å². The SMILES string of the molecule is Oc1ccc2cc(-c3ccc(OC4CC5CC[C@@H](C4)N5)nn3)c(O)cc2c1. The highest BCUT2D eigenvalue weighted by atomic mass is 16.5. The van der Waals surface area contributed by atoms with Crippen molar-refractivity contribution >= 4 is 10.8 Å². The lowest BCUT2D eigenvalue weighted by Gasteiger charge is -2.28. The molecule has 3 N–H and O–H groups in total. The van der Waals surface area contributed by atoms with Crippen LogP contribution in [0.25, 0.3) is 22.0 Å². The number of ether oxygens (including phenoxy) is 1. The van der Waals surface area contributed by atoms with Crippen LogP contribution >= 0.6 is 0 Å². The number of rotatable bonds is 3. The third-order valence-electron chi connectivity index (χ3n) is 5.57. The molecule has 2 aliphatic heterocycles. The summed E-state index contributed by atoms with van der Waals surface area (Å²) in [4.78, 5) is 0. The molecule has 6 nitrogen and oxygen atoms in total. The highest BCUT2D eigenvalue weighted by Gasteiger charge is 2.34. The first-order chi connectivity index (χ1) is 13.1. The van der Waals surface area contributed by atoms with Crippen LogP contribution < -0.4 is 10.1 Å². The van der Waals surface area contributed by atoms with Gasteiger partial charge in [0.25, 0.3) is 0 Å². The van der Waals surface area contributed by atoms with Gasteiger partial charge in [-0.25, -0.2) is 0 Å². The molecule has 3 heterocycles. The van der Waals surface area contributed by atoms with Crippen LogP contribution in [-0.2, 0) is 0 Å². The summed E-state index contributed by atoms with van der Waals surface area (Å²) in [5.74, 6) is 0.795. The molecule has 2 fully saturated rings. The summed E-state index contributed by atoms with van der Waals surface area (Å²) < 4.78 is 6.04. The highest BCUT2D eigenvalue weighted by Crippen LogP contribution is 2.34. The lowest BCUT2D eigenvalue weighted by molar-refractivity contribution is 0.130. The van der Waals surface area contributed by atoms with Gasteiger partial charge in [-0.05, 0) is 66.8 Å². The molecule has 0 saturated carbocycles. The Morgan fingerprint density at radius 3 is 2.44 bits per heavy atom. The van der Waals surface area contributed by atoms with E-state index >= 15 is 0 Å². The second-order valence-corrected chi connectivity index (χ2v) is 7.51. The van der Waals surface area contributed by atoms with E-state index in [2.05, 4.69) is 15.5 Å². The molecule has 2 aliphatic rings. The Bertz CT molecular complexity index is 978. The number of aromatic nitrogens is 2. The van der Waals surface area contributed by atoms with Crippen LogP contribution in [0.2, 0.25) is 0 Å². The standard InChI is InChI=1S/C21H21N3O3/c25-16-4-1-12-8-18(20(26)9-13(12)7-16)19-5-6-21(24-23-19)27-17-10-14-2-3-15(11-17)22-14/h1,4-9,14-15,17,22,25-26H,2-3,10-11H2/t14-,15?,17?/m0/s1. The quantitative estimate of drug-likeness (QED) is 0.661. The Morgan fingerprint density at radius 1 is 0.889 bits per heavy atom. The summed E-state index contributed by atoms with van der Waals surface area (Å²) in [6.07, 6.45) is 4.67. The summed E-state index contributed by atoms with van der Waals surface area (Å²) in [6, 6.07) is 13.3. The number of nitrogens with zero attached hydrogens (tertiary/aromatic N) is 2. The maximum absolute atomic E-state index is 10.4. The fourth-order valence-corrected chi connectivity index (χ4v) is 4.28. The molecule has 5 rings (SSSR count). The molecule has 0 aliphatic carbocycles. The molecule has 6 heteroatoms. The van der Waals surface area contributed by atoms with Gasteiger partial charge >= 0.3 is 0 Å². The predicted molar refractivity (Wildman–Crippen MR) is 102 cm³/mol.